The minimum absolute atomic E-state index is 0.221. The van der Waals surface area contributed by atoms with Crippen LogP contribution in [0.15, 0.2) is 24.3 Å². The maximum absolute atomic E-state index is 13.5. The van der Waals surface area contributed by atoms with Crippen LogP contribution < -0.4 is 0 Å². The molecule has 0 aromatic heterocycles. The number of hydrogen-bond acceptors (Lipinski definition) is 2. The van der Waals surface area contributed by atoms with E-state index in [1.807, 2.05) is 13.8 Å². The van der Waals surface area contributed by atoms with Gasteiger partial charge in [-0.3, -0.25) is 4.79 Å². The summed E-state index contributed by atoms with van der Waals surface area (Å²) in [6.07, 6.45) is 0.281. The molecule has 0 heterocycles. The Morgan fingerprint density at radius 2 is 2.06 bits per heavy atom. The molecule has 0 fully saturated rings. The van der Waals surface area contributed by atoms with Gasteiger partial charge in [0.1, 0.15) is 5.82 Å². The van der Waals surface area contributed by atoms with Gasteiger partial charge in [-0.25, -0.2) is 4.39 Å². The van der Waals surface area contributed by atoms with Crippen LogP contribution in [0.5, 0.6) is 0 Å². The number of carboxylic acid groups (broad SMARTS) is 1. The van der Waals surface area contributed by atoms with Gasteiger partial charge in [0, 0.05) is 18.8 Å². The molecule has 0 aliphatic carbocycles. The van der Waals surface area contributed by atoms with Crippen molar-refractivity contribution in [1.82, 2.24) is 0 Å². The van der Waals surface area contributed by atoms with Crippen molar-refractivity contribution < 1.29 is 19.0 Å². The molecule has 1 aromatic rings. The third-order valence-corrected chi connectivity index (χ3v) is 2.58. The fraction of sp³-hybridized carbons (Fsp3) is 0.500. The lowest BCUT2D eigenvalue weighted by atomic mass is 9.96. The highest BCUT2D eigenvalue weighted by atomic mass is 19.1. The Hall–Kier alpha value is -1.42. The largest absolute Gasteiger partial charge is 0.481 e. The van der Waals surface area contributed by atoms with Crippen LogP contribution >= 0.6 is 0 Å². The molecule has 1 aromatic carbocycles. The average molecular weight is 254 g/mol. The third kappa shape index (κ3) is 4.45. The van der Waals surface area contributed by atoms with Gasteiger partial charge in [-0.15, -0.1) is 0 Å². The molecule has 1 rings (SSSR count). The lowest BCUT2D eigenvalue weighted by molar-refractivity contribution is -0.139. The van der Waals surface area contributed by atoms with Crippen LogP contribution in [0, 0.1) is 11.7 Å². The van der Waals surface area contributed by atoms with Crippen LogP contribution in [0.3, 0.4) is 0 Å². The molecular weight excluding hydrogens is 235 g/mol. The van der Waals surface area contributed by atoms with E-state index in [1.54, 1.807) is 12.1 Å². The van der Waals surface area contributed by atoms with E-state index in [9.17, 15) is 9.18 Å². The first-order chi connectivity index (χ1) is 8.52. The normalized spacial score (nSPS) is 12.7. The van der Waals surface area contributed by atoms with E-state index in [-0.39, 0.29) is 12.0 Å². The number of halogens is 1. The zero-order valence-electron chi connectivity index (χ0n) is 10.7. The highest BCUT2D eigenvalue weighted by molar-refractivity contribution is 5.76. The van der Waals surface area contributed by atoms with Gasteiger partial charge in [0.15, 0.2) is 0 Å². The number of aliphatic carboxylic acids is 1. The third-order valence-electron chi connectivity index (χ3n) is 2.58. The van der Waals surface area contributed by atoms with Crippen molar-refractivity contribution in [3.05, 3.63) is 35.6 Å². The van der Waals surface area contributed by atoms with Crippen molar-refractivity contribution in [3.63, 3.8) is 0 Å². The maximum Gasteiger partial charge on any atom is 0.311 e. The molecule has 1 atom stereocenters. The monoisotopic (exact) mass is 254 g/mol. The van der Waals surface area contributed by atoms with Gasteiger partial charge in [-0.1, -0.05) is 32.0 Å². The molecule has 18 heavy (non-hydrogen) atoms. The molecule has 3 nitrogen and oxygen atoms in total. The Bertz CT molecular complexity index is 390. The molecule has 0 saturated carbocycles. The van der Waals surface area contributed by atoms with E-state index in [1.165, 1.54) is 12.1 Å². The van der Waals surface area contributed by atoms with Crippen molar-refractivity contribution in [2.24, 2.45) is 5.92 Å². The lowest BCUT2D eigenvalue weighted by Crippen LogP contribution is -2.16. The fourth-order valence-corrected chi connectivity index (χ4v) is 1.69. The second kappa shape index (κ2) is 7.11. The van der Waals surface area contributed by atoms with Crippen molar-refractivity contribution in [3.8, 4) is 0 Å². The van der Waals surface area contributed by atoms with Gasteiger partial charge >= 0.3 is 5.97 Å². The van der Waals surface area contributed by atoms with Crippen LogP contribution in [-0.4, -0.2) is 24.3 Å². The molecular formula is C14H19FO3. The molecule has 0 amide bonds. The predicted octanol–water partition coefficient (Wildman–Crippen LogP) is 3.06. The minimum atomic E-state index is -1.02. The summed E-state index contributed by atoms with van der Waals surface area (Å²) in [5.41, 5.74) is 0.221. The predicted molar refractivity (Wildman–Crippen MR) is 67.1 cm³/mol. The lowest BCUT2D eigenvalue weighted by Gasteiger charge is -2.14. The summed E-state index contributed by atoms with van der Waals surface area (Å²) >= 11 is 0. The Labute approximate surface area is 107 Å². The van der Waals surface area contributed by atoms with Gasteiger partial charge in [0.25, 0.3) is 0 Å². The SMILES string of the molecule is CC(C)COCCC(C(=O)O)c1ccccc1F. The maximum atomic E-state index is 13.5. The van der Waals surface area contributed by atoms with Crippen LogP contribution in [0.25, 0.3) is 0 Å². The van der Waals surface area contributed by atoms with E-state index >= 15 is 0 Å². The molecule has 0 bridgehead atoms. The summed E-state index contributed by atoms with van der Waals surface area (Å²) in [6.45, 7) is 4.95. The van der Waals surface area contributed by atoms with E-state index in [0.717, 1.165) is 0 Å². The Morgan fingerprint density at radius 1 is 1.39 bits per heavy atom. The smallest absolute Gasteiger partial charge is 0.311 e. The Kier molecular flexibility index (Phi) is 5.78. The molecule has 0 aliphatic heterocycles. The number of rotatable bonds is 7. The number of hydrogen-bond donors (Lipinski definition) is 1. The first-order valence-electron chi connectivity index (χ1n) is 6.07. The summed E-state index contributed by atoms with van der Waals surface area (Å²) < 4.78 is 18.9. The van der Waals surface area contributed by atoms with Crippen molar-refractivity contribution in [2.75, 3.05) is 13.2 Å². The number of ether oxygens (including phenoxy) is 1. The van der Waals surface area contributed by atoms with Gasteiger partial charge in [0.2, 0.25) is 0 Å². The molecule has 0 aliphatic rings. The molecule has 4 heteroatoms. The van der Waals surface area contributed by atoms with Gasteiger partial charge in [0.05, 0.1) is 5.92 Å². The molecule has 0 saturated heterocycles. The first-order valence-corrected chi connectivity index (χ1v) is 6.07. The van der Waals surface area contributed by atoms with Crippen molar-refractivity contribution in [1.29, 1.82) is 0 Å². The number of carboxylic acids is 1. The first kappa shape index (κ1) is 14.6. The highest BCUT2D eigenvalue weighted by Crippen LogP contribution is 2.22. The standard InChI is InChI=1S/C14H19FO3/c1-10(2)9-18-8-7-12(14(16)17)11-5-3-4-6-13(11)15/h3-6,10,12H,7-9H2,1-2H3,(H,16,17). The zero-order chi connectivity index (χ0) is 13.5. The van der Waals surface area contributed by atoms with Crippen molar-refractivity contribution >= 4 is 5.97 Å². The van der Waals surface area contributed by atoms with Gasteiger partial charge < -0.3 is 9.84 Å². The molecule has 0 spiro atoms. The van der Waals surface area contributed by atoms with Crippen LogP contribution in [-0.2, 0) is 9.53 Å². The van der Waals surface area contributed by atoms with Gasteiger partial charge in [-0.2, -0.15) is 0 Å². The van der Waals surface area contributed by atoms with Crippen LogP contribution in [0.1, 0.15) is 31.7 Å². The average Bonchev–Trinajstić information content (AvgIpc) is 2.30. The second-order valence-electron chi connectivity index (χ2n) is 4.67. The van der Waals surface area contributed by atoms with E-state index in [4.69, 9.17) is 9.84 Å². The summed E-state index contributed by atoms with van der Waals surface area (Å²) in [7, 11) is 0. The summed E-state index contributed by atoms with van der Waals surface area (Å²) in [5, 5.41) is 9.14. The molecule has 100 valence electrons. The quantitative estimate of drug-likeness (QED) is 0.761. The Morgan fingerprint density at radius 3 is 2.61 bits per heavy atom. The Balaban J connectivity index is 2.61. The zero-order valence-corrected chi connectivity index (χ0v) is 10.7. The number of benzene rings is 1. The van der Waals surface area contributed by atoms with Crippen LogP contribution in [0.2, 0.25) is 0 Å². The second-order valence-corrected chi connectivity index (χ2v) is 4.67. The van der Waals surface area contributed by atoms with Gasteiger partial charge in [-0.05, 0) is 18.4 Å². The van der Waals surface area contributed by atoms with E-state index in [0.29, 0.717) is 19.1 Å². The molecule has 0 radical (unpaired) electrons. The van der Waals surface area contributed by atoms with Crippen LogP contribution in [0.4, 0.5) is 4.39 Å². The van der Waals surface area contributed by atoms with E-state index in [2.05, 4.69) is 0 Å². The molecule has 1 unspecified atom stereocenters. The van der Waals surface area contributed by atoms with Crippen molar-refractivity contribution in [2.45, 2.75) is 26.2 Å². The number of carbonyl (C=O) groups is 1. The summed E-state index contributed by atoms with van der Waals surface area (Å²) in [5.74, 6) is -1.94. The molecule has 1 N–H and O–H groups in total. The fourth-order valence-electron chi connectivity index (χ4n) is 1.69. The van der Waals surface area contributed by atoms with E-state index < -0.39 is 17.7 Å². The minimum Gasteiger partial charge on any atom is -0.481 e. The topological polar surface area (TPSA) is 46.5 Å². The summed E-state index contributed by atoms with van der Waals surface area (Å²) in [6, 6.07) is 5.98. The highest BCUT2D eigenvalue weighted by Gasteiger charge is 2.22. The summed E-state index contributed by atoms with van der Waals surface area (Å²) in [4.78, 5) is 11.2.